The molecule has 0 aliphatic rings. The van der Waals surface area contributed by atoms with E-state index in [0.29, 0.717) is 6.54 Å². The predicted octanol–water partition coefficient (Wildman–Crippen LogP) is 2.47. The minimum absolute atomic E-state index is 0.0504. The van der Waals surface area contributed by atoms with Crippen LogP contribution in [0.5, 0.6) is 0 Å². The average Bonchev–Trinajstić information content (AvgIpc) is 2.61. The monoisotopic (exact) mass is 236 g/mol. The first-order chi connectivity index (χ1) is 7.56. The highest BCUT2D eigenvalue weighted by Crippen LogP contribution is 2.16. The molecule has 0 aliphatic heterocycles. The highest BCUT2D eigenvalue weighted by Gasteiger charge is 2.21. The van der Waals surface area contributed by atoms with Crippen molar-refractivity contribution >= 4 is 17.2 Å². The third-order valence-electron chi connectivity index (χ3n) is 2.48. The molecule has 1 heterocycles. The van der Waals surface area contributed by atoms with E-state index in [2.05, 4.69) is 5.32 Å². The fourth-order valence-corrected chi connectivity index (χ4v) is 2.22. The zero-order valence-corrected chi connectivity index (χ0v) is 10.6. The fraction of sp³-hybridized carbons (Fsp3) is 0.500. The Morgan fingerprint density at radius 3 is 2.75 bits per heavy atom. The van der Waals surface area contributed by atoms with E-state index in [9.17, 15) is 4.79 Å². The summed E-state index contributed by atoms with van der Waals surface area (Å²) in [5, 5.41) is 13.7. The van der Waals surface area contributed by atoms with Crippen molar-refractivity contribution in [1.82, 2.24) is 5.32 Å². The molecule has 1 unspecified atom stereocenters. The van der Waals surface area contributed by atoms with E-state index in [1.807, 2.05) is 38.3 Å². The molecular weight excluding hydrogens is 220 g/mol. The quantitative estimate of drug-likeness (QED) is 0.873. The maximum atomic E-state index is 11.7. The van der Waals surface area contributed by atoms with E-state index in [0.717, 1.165) is 4.88 Å². The van der Waals surface area contributed by atoms with Crippen molar-refractivity contribution in [3.8, 4) is 6.07 Å². The summed E-state index contributed by atoms with van der Waals surface area (Å²) < 4.78 is 0. The van der Waals surface area contributed by atoms with Crippen molar-refractivity contribution in [2.45, 2.75) is 27.3 Å². The SMILES string of the molecule is Cc1ccsc1CNC(=O)C(C#N)C(C)C. The van der Waals surface area contributed by atoms with Gasteiger partial charge >= 0.3 is 0 Å². The Morgan fingerprint density at radius 1 is 1.62 bits per heavy atom. The number of hydrogen-bond donors (Lipinski definition) is 1. The maximum Gasteiger partial charge on any atom is 0.237 e. The van der Waals surface area contributed by atoms with E-state index in [4.69, 9.17) is 5.26 Å². The minimum atomic E-state index is -0.555. The molecule has 3 nitrogen and oxygen atoms in total. The molecule has 4 heteroatoms. The average molecular weight is 236 g/mol. The number of amides is 1. The van der Waals surface area contributed by atoms with Crippen LogP contribution in [-0.2, 0) is 11.3 Å². The van der Waals surface area contributed by atoms with Gasteiger partial charge in [0.15, 0.2) is 0 Å². The molecule has 86 valence electrons. The Kier molecular flexibility index (Phi) is 4.51. The Hall–Kier alpha value is -1.34. The number of nitriles is 1. The first-order valence-corrected chi connectivity index (χ1v) is 6.14. The third-order valence-corrected chi connectivity index (χ3v) is 3.50. The fourth-order valence-electron chi connectivity index (χ4n) is 1.37. The number of hydrogen-bond acceptors (Lipinski definition) is 3. The molecule has 1 atom stereocenters. The largest absolute Gasteiger partial charge is 0.350 e. The van der Waals surface area contributed by atoms with Crippen molar-refractivity contribution < 1.29 is 4.79 Å². The lowest BCUT2D eigenvalue weighted by Crippen LogP contribution is -2.32. The van der Waals surface area contributed by atoms with Crippen LogP contribution >= 0.6 is 11.3 Å². The number of carbonyl (C=O) groups is 1. The van der Waals surface area contributed by atoms with Crippen LogP contribution in [0.3, 0.4) is 0 Å². The van der Waals surface area contributed by atoms with Crippen LogP contribution in [0.1, 0.15) is 24.3 Å². The summed E-state index contributed by atoms with van der Waals surface area (Å²) >= 11 is 1.62. The molecule has 0 radical (unpaired) electrons. The van der Waals surface area contributed by atoms with Crippen molar-refractivity contribution in [1.29, 1.82) is 5.26 Å². The number of thiophene rings is 1. The van der Waals surface area contributed by atoms with Crippen LogP contribution in [0.25, 0.3) is 0 Å². The molecule has 0 spiro atoms. The van der Waals surface area contributed by atoms with E-state index in [1.54, 1.807) is 11.3 Å². The summed E-state index contributed by atoms with van der Waals surface area (Å²) in [4.78, 5) is 12.8. The van der Waals surface area contributed by atoms with E-state index in [1.165, 1.54) is 5.56 Å². The first-order valence-electron chi connectivity index (χ1n) is 5.26. The number of nitrogens with zero attached hydrogens (tertiary/aromatic N) is 1. The second-order valence-electron chi connectivity index (χ2n) is 4.10. The first kappa shape index (κ1) is 12.7. The van der Waals surface area contributed by atoms with Gasteiger partial charge in [-0.25, -0.2) is 0 Å². The van der Waals surface area contributed by atoms with Gasteiger partial charge < -0.3 is 5.32 Å². The Balaban J connectivity index is 2.53. The molecule has 0 saturated heterocycles. The normalized spacial score (nSPS) is 12.2. The second-order valence-corrected chi connectivity index (χ2v) is 5.10. The highest BCUT2D eigenvalue weighted by molar-refractivity contribution is 7.10. The molecule has 1 amide bonds. The van der Waals surface area contributed by atoms with Gasteiger partial charge in [-0.1, -0.05) is 13.8 Å². The molecule has 0 bridgehead atoms. The van der Waals surface area contributed by atoms with Crippen LogP contribution in [-0.4, -0.2) is 5.91 Å². The topological polar surface area (TPSA) is 52.9 Å². The molecule has 0 fully saturated rings. The number of rotatable bonds is 4. The summed E-state index contributed by atoms with van der Waals surface area (Å²) in [7, 11) is 0. The van der Waals surface area contributed by atoms with Crippen molar-refractivity contribution in [3.05, 3.63) is 21.9 Å². The van der Waals surface area contributed by atoms with Gasteiger partial charge in [-0.2, -0.15) is 5.26 Å². The minimum Gasteiger partial charge on any atom is -0.350 e. The van der Waals surface area contributed by atoms with Gasteiger partial charge in [-0.3, -0.25) is 4.79 Å². The lowest BCUT2D eigenvalue weighted by molar-refractivity contribution is -0.124. The molecule has 0 aromatic carbocycles. The van der Waals surface area contributed by atoms with Gasteiger partial charge in [0.05, 0.1) is 12.6 Å². The van der Waals surface area contributed by atoms with Crippen LogP contribution in [0.15, 0.2) is 11.4 Å². The van der Waals surface area contributed by atoms with Gasteiger partial charge in [-0.15, -0.1) is 11.3 Å². The predicted molar refractivity (Wildman–Crippen MR) is 64.8 cm³/mol. The van der Waals surface area contributed by atoms with Gasteiger partial charge in [-0.05, 0) is 29.9 Å². The Morgan fingerprint density at radius 2 is 2.31 bits per heavy atom. The molecule has 1 N–H and O–H groups in total. The third kappa shape index (κ3) is 3.07. The molecular formula is C12H16N2OS. The summed E-state index contributed by atoms with van der Waals surface area (Å²) in [5.41, 5.74) is 1.18. The number of nitrogens with one attached hydrogen (secondary N) is 1. The molecule has 1 aromatic heterocycles. The molecule has 0 saturated carbocycles. The zero-order chi connectivity index (χ0) is 12.1. The number of aryl methyl sites for hydroxylation is 1. The highest BCUT2D eigenvalue weighted by atomic mass is 32.1. The van der Waals surface area contributed by atoms with Gasteiger partial charge in [0.1, 0.15) is 5.92 Å². The van der Waals surface area contributed by atoms with E-state index in [-0.39, 0.29) is 11.8 Å². The molecule has 1 rings (SSSR count). The summed E-state index contributed by atoms with van der Waals surface area (Å²) in [6, 6.07) is 4.06. The van der Waals surface area contributed by atoms with E-state index < -0.39 is 5.92 Å². The molecule has 1 aromatic rings. The maximum absolute atomic E-state index is 11.7. The van der Waals surface area contributed by atoms with Crippen LogP contribution in [0, 0.1) is 30.1 Å². The number of carbonyl (C=O) groups excluding carboxylic acids is 1. The Labute approximate surface area is 100 Å². The van der Waals surface area contributed by atoms with Crippen LogP contribution in [0.2, 0.25) is 0 Å². The smallest absolute Gasteiger partial charge is 0.237 e. The van der Waals surface area contributed by atoms with Crippen molar-refractivity contribution in [3.63, 3.8) is 0 Å². The van der Waals surface area contributed by atoms with Gasteiger partial charge in [0.25, 0.3) is 0 Å². The molecule has 16 heavy (non-hydrogen) atoms. The second kappa shape index (κ2) is 5.66. The lowest BCUT2D eigenvalue weighted by Gasteiger charge is -2.12. The molecule has 0 aliphatic carbocycles. The van der Waals surface area contributed by atoms with Crippen LogP contribution in [0.4, 0.5) is 0 Å². The van der Waals surface area contributed by atoms with Crippen molar-refractivity contribution in [2.75, 3.05) is 0 Å². The summed E-state index contributed by atoms with van der Waals surface area (Å²) in [6.45, 7) is 6.29. The van der Waals surface area contributed by atoms with Gasteiger partial charge in [0.2, 0.25) is 5.91 Å². The summed E-state index contributed by atoms with van der Waals surface area (Å²) in [5.74, 6) is -0.681. The van der Waals surface area contributed by atoms with Crippen molar-refractivity contribution in [2.24, 2.45) is 11.8 Å². The van der Waals surface area contributed by atoms with E-state index >= 15 is 0 Å². The van der Waals surface area contributed by atoms with Gasteiger partial charge in [0, 0.05) is 4.88 Å². The standard InChI is InChI=1S/C12H16N2OS/c1-8(2)10(6-13)12(15)14-7-11-9(3)4-5-16-11/h4-5,8,10H,7H2,1-3H3,(H,14,15). The zero-order valence-electron chi connectivity index (χ0n) is 9.78. The van der Waals surface area contributed by atoms with Crippen LogP contribution < -0.4 is 5.32 Å². The lowest BCUT2D eigenvalue weighted by atomic mass is 9.97. The summed E-state index contributed by atoms with van der Waals surface area (Å²) in [6.07, 6.45) is 0. The Bertz CT molecular complexity index is 403.